The summed E-state index contributed by atoms with van der Waals surface area (Å²) in [6.45, 7) is 7.55. The Balaban J connectivity index is 1.40. The van der Waals surface area contributed by atoms with Crippen LogP contribution in [0.3, 0.4) is 0 Å². The van der Waals surface area contributed by atoms with Gasteiger partial charge in [0.2, 0.25) is 5.91 Å². The van der Waals surface area contributed by atoms with Crippen molar-refractivity contribution in [1.82, 2.24) is 20.2 Å². The molecule has 2 aromatic rings. The monoisotopic (exact) mass is 372 g/mol. The van der Waals surface area contributed by atoms with E-state index in [1.54, 1.807) is 17.5 Å². The molecular formula is C20H28N4OS. The molecule has 0 spiro atoms. The van der Waals surface area contributed by atoms with Crippen molar-refractivity contribution in [2.75, 3.05) is 19.6 Å². The van der Waals surface area contributed by atoms with Crippen LogP contribution in [0.1, 0.15) is 38.8 Å². The fourth-order valence-corrected chi connectivity index (χ4v) is 4.08. The van der Waals surface area contributed by atoms with Crippen molar-refractivity contribution in [3.05, 3.63) is 35.6 Å². The molecule has 1 unspecified atom stereocenters. The van der Waals surface area contributed by atoms with E-state index in [-0.39, 0.29) is 5.91 Å². The minimum Gasteiger partial charge on any atom is -0.355 e. The fraction of sp³-hybridized carbons (Fsp3) is 0.550. The molecule has 2 aromatic heterocycles. The molecule has 1 atom stereocenters. The van der Waals surface area contributed by atoms with E-state index in [1.165, 1.54) is 12.8 Å². The highest BCUT2D eigenvalue weighted by Crippen LogP contribution is 2.23. The van der Waals surface area contributed by atoms with Crippen molar-refractivity contribution in [2.24, 2.45) is 5.92 Å². The predicted molar refractivity (Wildman–Crippen MR) is 106 cm³/mol. The highest BCUT2D eigenvalue weighted by molar-refractivity contribution is 7.13. The summed E-state index contributed by atoms with van der Waals surface area (Å²) in [5, 5.41) is 6.08. The van der Waals surface area contributed by atoms with Gasteiger partial charge in [-0.15, -0.1) is 11.3 Å². The van der Waals surface area contributed by atoms with Gasteiger partial charge in [-0.2, -0.15) is 0 Å². The molecule has 0 aromatic carbocycles. The number of aromatic nitrogens is 2. The minimum absolute atomic E-state index is 0.109. The number of amides is 1. The van der Waals surface area contributed by atoms with E-state index < -0.39 is 0 Å². The second-order valence-corrected chi connectivity index (χ2v) is 8.12. The number of thiazole rings is 1. The average Bonchev–Trinajstić information content (AvgIpc) is 3.15. The molecule has 1 amide bonds. The van der Waals surface area contributed by atoms with Crippen LogP contribution in [0.25, 0.3) is 10.6 Å². The van der Waals surface area contributed by atoms with Crippen LogP contribution in [0.4, 0.5) is 0 Å². The molecule has 1 fully saturated rings. The van der Waals surface area contributed by atoms with E-state index >= 15 is 0 Å². The van der Waals surface area contributed by atoms with Gasteiger partial charge in [0, 0.05) is 42.3 Å². The Labute approximate surface area is 159 Å². The van der Waals surface area contributed by atoms with Gasteiger partial charge in [-0.25, -0.2) is 4.98 Å². The Hall–Kier alpha value is -1.79. The number of hydrogen-bond donors (Lipinski definition) is 1. The highest BCUT2D eigenvalue weighted by Gasteiger charge is 2.20. The lowest BCUT2D eigenvalue weighted by molar-refractivity contribution is -0.121. The molecule has 6 heteroatoms. The van der Waals surface area contributed by atoms with E-state index in [0.29, 0.717) is 18.9 Å². The molecule has 1 N–H and O–H groups in total. The SMILES string of the molecule is CC1CCN(C(C)CNC(=O)CCc2csc(-c3cccnc3)n2)CC1. The molecule has 1 aliphatic rings. The molecule has 3 heterocycles. The maximum Gasteiger partial charge on any atom is 0.220 e. The second-order valence-electron chi connectivity index (χ2n) is 7.26. The zero-order valence-electron chi connectivity index (χ0n) is 15.6. The molecule has 3 rings (SSSR count). The van der Waals surface area contributed by atoms with Crippen molar-refractivity contribution in [2.45, 2.75) is 45.6 Å². The van der Waals surface area contributed by atoms with E-state index in [1.807, 2.05) is 23.7 Å². The number of piperidine rings is 1. The average molecular weight is 373 g/mol. The van der Waals surface area contributed by atoms with Gasteiger partial charge >= 0.3 is 0 Å². The van der Waals surface area contributed by atoms with E-state index in [9.17, 15) is 4.79 Å². The van der Waals surface area contributed by atoms with Gasteiger partial charge in [0.05, 0.1) is 5.69 Å². The summed E-state index contributed by atoms with van der Waals surface area (Å²) < 4.78 is 0. The first-order valence-corrected chi connectivity index (χ1v) is 10.4. The predicted octanol–water partition coefficient (Wildman–Crippen LogP) is 3.37. The highest BCUT2D eigenvalue weighted by atomic mass is 32.1. The third-order valence-corrected chi connectivity index (χ3v) is 6.04. The Morgan fingerprint density at radius 3 is 2.96 bits per heavy atom. The first-order chi connectivity index (χ1) is 12.6. The van der Waals surface area contributed by atoms with Crippen LogP contribution in [-0.2, 0) is 11.2 Å². The van der Waals surface area contributed by atoms with Crippen molar-refractivity contribution in [3.8, 4) is 10.6 Å². The molecule has 1 saturated heterocycles. The molecule has 26 heavy (non-hydrogen) atoms. The third kappa shape index (κ3) is 5.35. The summed E-state index contributed by atoms with van der Waals surface area (Å²) in [4.78, 5) is 23.4. The maximum atomic E-state index is 12.2. The number of carbonyl (C=O) groups excluding carboxylic acids is 1. The van der Waals surface area contributed by atoms with Crippen LogP contribution in [0, 0.1) is 5.92 Å². The van der Waals surface area contributed by atoms with E-state index in [2.05, 4.69) is 34.0 Å². The summed E-state index contributed by atoms with van der Waals surface area (Å²) in [5.41, 5.74) is 2.00. The summed E-state index contributed by atoms with van der Waals surface area (Å²) in [6.07, 6.45) is 7.27. The number of nitrogens with zero attached hydrogens (tertiary/aromatic N) is 3. The number of carbonyl (C=O) groups is 1. The maximum absolute atomic E-state index is 12.2. The fourth-order valence-electron chi connectivity index (χ4n) is 3.23. The van der Waals surface area contributed by atoms with Crippen molar-refractivity contribution >= 4 is 17.2 Å². The Morgan fingerprint density at radius 1 is 1.42 bits per heavy atom. The van der Waals surface area contributed by atoms with Gasteiger partial charge in [-0.1, -0.05) is 6.92 Å². The van der Waals surface area contributed by atoms with Gasteiger partial charge in [-0.05, 0) is 57.3 Å². The Bertz CT molecular complexity index is 695. The number of rotatable bonds is 7. The number of nitrogens with one attached hydrogen (secondary N) is 1. The zero-order valence-corrected chi connectivity index (χ0v) is 16.5. The smallest absolute Gasteiger partial charge is 0.220 e. The van der Waals surface area contributed by atoms with Gasteiger partial charge in [0.25, 0.3) is 0 Å². The molecule has 0 bridgehead atoms. The van der Waals surface area contributed by atoms with Crippen LogP contribution >= 0.6 is 11.3 Å². The molecule has 0 saturated carbocycles. The van der Waals surface area contributed by atoms with Gasteiger partial charge in [-0.3, -0.25) is 14.7 Å². The van der Waals surface area contributed by atoms with E-state index in [0.717, 1.165) is 41.8 Å². The van der Waals surface area contributed by atoms with Crippen LogP contribution in [0.15, 0.2) is 29.9 Å². The Morgan fingerprint density at radius 2 is 2.23 bits per heavy atom. The largest absolute Gasteiger partial charge is 0.355 e. The molecule has 140 valence electrons. The summed E-state index contributed by atoms with van der Waals surface area (Å²) in [5.74, 6) is 0.945. The van der Waals surface area contributed by atoms with Crippen LogP contribution in [-0.4, -0.2) is 46.5 Å². The van der Waals surface area contributed by atoms with Crippen molar-refractivity contribution in [1.29, 1.82) is 0 Å². The summed E-state index contributed by atoms with van der Waals surface area (Å²) >= 11 is 1.60. The molecule has 5 nitrogen and oxygen atoms in total. The standard InChI is InChI=1S/C20H28N4OS/c1-15-7-10-24(11-8-15)16(2)12-22-19(25)6-5-18-14-26-20(23-18)17-4-3-9-21-13-17/h3-4,9,13-16H,5-8,10-12H2,1-2H3,(H,22,25). The molecular weight excluding hydrogens is 344 g/mol. The topological polar surface area (TPSA) is 58.1 Å². The molecule has 0 radical (unpaired) electrons. The third-order valence-electron chi connectivity index (χ3n) is 5.10. The lowest BCUT2D eigenvalue weighted by atomic mass is 9.98. The van der Waals surface area contributed by atoms with Gasteiger partial charge < -0.3 is 5.32 Å². The second kappa shape index (κ2) is 9.24. The lowest BCUT2D eigenvalue weighted by Gasteiger charge is -2.35. The van der Waals surface area contributed by atoms with Crippen molar-refractivity contribution < 1.29 is 4.79 Å². The molecule has 0 aliphatic carbocycles. The number of pyridine rings is 1. The zero-order chi connectivity index (χ0) is 18.4. The number of aryl methyl sites for hydroxylation is 1. The first-order valence-electron chi connectivity index (χ1n) is 9.47. The number of hydrogen-bond acceptors (Lipinski definition) is 5. The summed E-state index contributed by atoms with van der Waals surface area (Å²) in [6, 6.07) is 4.32. The molecule has 1 aliphatic heterocycles. The van der Waals surface area contributed by atoms with E-state index in [4.69, 9.17) is 0 Å². The first kappa shape index (κ1) is 19.0. The quantitative estimate of drug-likeness (QED) is 0.809. The van der Waals surface area contributed by atoms with Crippen molar-refractivity contribution in [3.63, 3.8) is 0 Å². The lowest BCUT2D eigenvalue weighted by Crippen LogP contribution is -2.45. The van der Waals surface area contributed by atoms with Gasteiger partial charge in [0.1, 0.15) is 5.01 Å². The Kier molecular flexibility index (Phi) is 6.74. The van der Waals surface area contributed by atoms with Crippen LogP contribution < -0.4 is 5.32 Å². The normalized spacial score (nSPS) is 17.2. The summed E-state index contributed by atoms with van der Waals surface area (Å²) in [7, 11) is 0. The van der Waals surface area contributed by atoms with Crippen LogP contribution in [0.5, 0.6) is 0 Å². The minimum atomic E-state index is 0.109. The number of likely N-dealkylation sites (tertiary alicyclic amines) is 1. The van der Waals surface area contributed by atoms with Gasteiger partial charge in [0.15, 0.2) is 0 Å². The van der Waals surface area contributed by atoms with Crippen LogP contribution in [0.2, 0.25) is 0 Å².